The lowest BCUT2D eigenvalue weighted by molar-refractivity contribution is -0.116. The van der Waals surface area contributed by atoms with Gasteiger partial charge in [-0.1, -0.05) is 19.8 Å². The molecule has 148 valence electrons. The van der Waals surface area contributed by atoms with Gasteiger partial charge < -0.3 is 15.4 Å². The number of unbranched alkanes of at least 4 members (excludes halogenated alkanes) is 2. The second-order valence-corrected chi connectivity index (χ2v) is 8.15. The summed E-state index contributed by atoms with van der Waals surface area (Å²) in [5, 5.41) is 13.1. The Bertz CT molecular complexity index is 766. The minimum Gasteiger partial charge on any atom is -0.391 e. The largest absolute Gasteiger partial charge is 0.391 e. The lowest BCUT2D eigenvalue weighted by Gasteiger charge is -2.14. The molecule has 0 saturated carbocycles. The highest BCUT2D eigenvalue weighted by molar-refractivity contribution is 7.98. The average Bonchev–Trinajstić information content (AvgIpc) is 3.20. The van der Waals surface area contributed by atoms with Gasteiger partial charge in [-0.05, 0) is 18.4 Å². The van der Waals surface area contributed by atoms with Gasteiger partial charge in [0.2, 0.25) is 5.91 Å². The van der Waals surface area contributed by atoms with Gasteiger partial charge in [0.05, 0.1) is 11.6 Å². The van der Waals surface area contributed by atoms with Crippen molar-refractivity contribution in [3.05, 3.63) is 18.1 Å². The van der Waals surface area contributed by atoms with E-state index in [4.69, 9.17) is 0 Å². The summed E-state index contributed by atoms with van der Waals surface area (Å²) < 4.78 is 0. The highest BCUT2D eigenvalue weighted by Crippen LogP contribution is 2.26. The Hall–Kier alpha value is -1.64. The van der Waals surface area contributed by atoms with Gasteiger partial charge in [0.25, 0.3) is 0 Å². The lowest BCUT2D eigenvalue weighted by Crippen LogP contribution is -2.21. The molecule has 2 unspecified atom stereocenters. The van der Waals surface area contributed by atoms with Crippen LogP contribution < -0.4 is 5.32 Å². The number of anilines is 1. The number of fused-ring (bicyclic) bond motifs is 1. The van der Waals surface area contributed by atoms with E-state index in [9.17, 15) is 9.90 Å². The Morgan fingerprint density at radius 1 is 1.41 bits per heavy atom. The van der Waals surface area contributed by atoms with Crippen molar-refractivity contribution >= 4 is 34.5 Å². The zero-order chi connectivity index (χ0) is 19.2. The Morgan fingerprint density at radius 2 is 2.26 bits per heavy atom. The first kappa shape index (κ1) is 20.1. The van der Waals surface area contributed by atoms with E-state index >= 15 is 0 Å². The lowest BCUT2D eigenvalue weighted by atomic mass is 10.1. The van der Waals surface area contributed by atoms with Gasteiger partial charge in [-0.3, -0.25) is 9.69 Å². The molecule has 2 aromatic heterocycles. The fourth-order valence-corrected chi connectivity index (χ4v) is 4.38. The quantitative estimate of drug-likeness (QED) is 0.569. The Morgan fingerprint density at radius 3 is 3.04 bits per heavy atom. The minimum atomic E-state index is -0.268. The standard InChI is InChI=1S/C19H29N5O2S/c1-3-4-5-6-16(26)23-19-18-17(21-12-22-19)13(7-20-18)8-24-9-14(11-27-2)15(25)10-24/h7,12,14-15,20,25H,3-6,8-11H2,1-2H3,(H,21,22,23,26). The van der Waals surface area contributed by atoms with E-state index in [1.54, 1.807) is 11.8 Å². The third kappa shape index (κ3) is 5.00. The Labute approximate surface area is 164 Å². The molecule has 1 saturated heterocycles. The predicted octanol–water partition coefficient (Wildman–Crippen LogP) is 2.63. The highest BCUT2D eigenvalue weighted by atomic mass is 32.2. The third-order valence-electron chi connectivity index (χ3n) is 5.06. The number of aliphatic hydroxyl groups is 1. The van der Waals surface area contributed by atoms with Crippen molar-refractivity contribution in [2.24, 2.45) is 5.92 Å². The maximum Gasteiger partial charge on any atom is 0.225 e. The summed E-state index contributed by atoms with van der Waals surface area (Å²) in [4.78, 5) is 26.3. The molecular formula is C19H29N5O2S. The summed E-state index contributed by atoms with van der Waals surface area (Å²) in [5.74, 6) is 1.82. The van der Waals surface area contributed by atoms with Crippen LogP contribution in [0.3, 0.4) is 0 Å². The number of carbonyl (C=O) groups excluding carboxylic acids is 1. The molecule has 3 rings (SSSR count). The van der Waals surface area contributed by atoms with Gasteiger partial charge in [0, 0.05) is 43.7 Å². The first-order valence-electron chi connectivity index (χ1n) is 9.62. The van der Waals surface area contributed by atoms with Gasteiger partial charge in [0.15, 0.2) is 5.82 Å². The molecule has 1 fully saturated rings. The average molecular weight is 392 g/mol. The summed E-state index contributed by atoms with van der Waals surface area (Å²) in [7, 11) is 0. The van der Waals surface area contributed by atoms with E-state index in [1.807, 2.05) is 6.20 Å². The molecule has 0 bridgehead atoms. The van der Waals surface area contributed by atoms with Crippen LogP contribution in [0.4, 0.5) is 5.82 Å². The molecule has 1 amide bonds. The Kier molecular flexibility index (Phi) is 7.09. The number of aliphatic hydroxyl groups excluding tert-OH is 1. The van der Waals surface area contributed by atoms with Crippen LogP contribution >= 0.6 is 11.8 Å². The minimum absolute atomic E-state index is 0.0119. The van der Waals surface area contributed by atoms with Crippen molar-refractivity contribution in [2.75, 3.05) is 30.4 Å². The molecule has 2 aromatic rings. The van der Waals surface area contributed by atoms with Crippen molar-refractivity contribution in [1.29, 1.82) is 0 Å². The molecule has 3 heterocycles. The van der Waals surface area contributed by atoms with Crippen LogP contribution in [0.15, 0.2) is 12.5 Å². The molecule has 27 heavy (non-hydrogen) atoms. The molecule has 1 aliphatic heterocycles. The van der Waals surface area contributed by atoms with Crippen LogP contribution in [0.2, 0.25) is 0 Å². The second kappa shape index (κ2) is 9.52. The van der Waals surface area contributed by atoms with E-state index in [0.29, 0.717) is 24.7 Å². The molecule has 0 aliphatic carbocycles. The molecule has 3 N–H and O–H groups in total. The van der Waals surface area contributed by atoms with E-state index in [-0.39, 0.29) is 12.0 Å². The van der Waals surface area contributed by atoms with E-state index in [0.717, 1.165) is 54.7 Å². The zero-order valence-electron chi connectivity index (χ0n) is 16.1. The monoisotopic (exact) mass is 391 g/mol. The number of nitrogens with one attached hydrogen (secondary N) is 2. The van der Waals surface area contributed by atoms with Crippen molar-refractivity contribution in [3.8, 4) is 0 Å². The van der Waals surface area contributed by atoms with Crippen LogP contribution in [-0.2, 0) is 11.3 Å². The number of hydrogen-bond donors (Lipinski definition) is 3. The van der Waals surface area contributed by atoms with Gasteiger partial charge >= 0.3 is 0 Å². The summed E-state index contributed by atoms with van der Waals surface area (Å²) in [5.41, 5.74) is 2.65. The van der Waals surface area contributed by atoms with Crippen molar-refractivity contribution in [3.63, 3.8) is 0 Å². The smallest absolute Gasteiger partial charge is 0.225 e. The van der Waals surface area contributed by atoms with Gasteiger partial charge in [-0.15, -0.1) is 0 Å². The normalized spacial score (nSPS) is 20.4. The number of thioether (sulfide) groups is 1. The molecule has 1 aliphatic rings. The van der Waals surface area contributed by atoms with Gasteiger partial charge in [0.1, 0.15) is 11.8 Å². The van der Waals surface area contributed by atoms with Gasteiger partial charge in [-0.25, -0.2) is 9.97 Å². The molecule has 2 atom stereocenters. The van der Waals surface area contributed by atoms with Crippen LogP contribution in [0.5, 0.6) is 0 Å². The Balaban J connectivity index is 1.67. The number of likely N-dealkylation sites (tertiary alicyclic amines) is 1. The number of aromatic amines is 1. The van der Waals surface area contributed by atoms with E-state index in [1.165, 1.54) is 6.33 Å². The van der Waals surface area contributed by atoms with Crippen molar-refractivity contribution in [2.45, 2.75) is 45.3 Å². The van der Waals surface area contributed by atoms with Crippen LogP contribution in [0.1, 0.15) is 38.2 Å². The summed E-state index contributed by atoms with van der Waals surface area (Å²) in [6.45, 7) is 4.42. The number of hydrogen-bond acceptors (Lipinski definition) is 6. The third-order valence-corrected chi connectivity index (χ3v) is 5.83. The number of rotatable bonds is 9. The van der Waals surface area contributed by atoms with Gasteiger partial charge in [-0.2, -0.15) is 11.8 Å². The topological polar surface area (TPSA) is 94.1 Å². The summed E-state index contributed by atoms with van der Waals surface area (Å²) >= 11 is 1.78. The number of carbonyl (C=O) groups is 1. The number of amides is 1. The first-order chi connectivity index (χ1) is 13.1. The number of nitrogens with zero attached hydrogens (tertiary/aromatic N) is 3. The molecule has 0 radical (unpaired) electrons. The van der Waals surface area contributed by atoms with Crippen molar-refractivity contribution < 1.29 is 9.90 Å². The molecule has 8 heteroatoms. The highest BCUT2D eigenvalue weighted by Gasteiger charge is 2.31. The predicted molar refractivity (Wildman–Crippen MR) is 110 cm³/mol. The fourth-order valence-electron chi connectivity index (χ4n) is 3.63. The summed E-state index contributed by atoms with van der Waals surface area (Å²) in [6, 6.07) is 0. The van der Waals surface area contributed by atoms with Crippen LogP contribution in [0.25, 0.3) is 11.0 Å². The molecule has 0 spiro atoms. The molecule has 7 nitrogen and oxygen atoms in total. The second-order valence-electron chi connectivity index (χ2n) is 7.24. The SMILES string of the molecule is CCCCCC(=O)Nc1ncnc2c(CN3CC(O)C(CSC)C3)c[nH]c12. The molecular weight excluding hydrogens is 362 g/mol. The van der Waals surface area contributed by atoms with E-state index in [2.05, 4.69) is 38.3 Å². The van der Waals surface area contributed by atoms with E-state index < -0.39 is 0 Å². The number of aromatic nitrogens is 3. The van der Waals surface area contributed by atoms with Crippen LogP contribution in [-0.4, -0.2) is 62.1 Å². The zero-order valence-corrected chi connectivity index (χ0v) is 16.9. The van der Waals surface area contributed by atoms with Crippen molar-refractivity contribution in [1.82, 2.24) is 19.9 Å². The maximum atomic E-state index is 12.1. The molecule has 0 aromatic carbocycles. The van der Waals surface area contributed by atoms with Crippen LogP contribution in [0, 0.1) is 5.92 Å². The fraction of sp³-hybridized carbons (Fsp3) is 0.632. The number of β-amino-alcohol motifs (C(OH)–C–C–N with tert-alkyl or cyclic N) is 1. The summed E-state index contributed by atoms with van der Waals surface area (Å²) in [6.07, 6.45) is 8.78. The first-order valence-corrected chi connectivity index (χ1v) is 11.0. The maximum absolute atomic E-state index is 12.1. The number of H-pyrrole nitrogens is 1.